The fraction of sp³-hybridized carbons (Fsp3) is 0.130. The van der Waals surface area contributed by atoms with Gasteiger partial charge in [0.15, 0.2) is 0 Å². The van der Waals surface area contributed by atoms with Gasteiger partial charge in [0, 0.05) is 22.5 Å². The number of nitro groups is 2. The molecule has 0 spiro atoms. The van der Waals surface area contributed by atoms with Crippen LogP contribution in [0.15, 0.2) is 71.8 Å². The van der Waals surface area contributed by atoms with E-state index in [1.165, 1.54) is 6.07 Å². The van der Waals surface area contributed by atoms with Crippen LogP contribution in [0.25, 0.3) is 0 Å². The Balaban J connectivity index is 1.57. The Hall–Kier alpha value is -4.31. The number of nitrogens with one attached hydrogen (secondary N) is 2. The average Bonchev–Trinajstić information content (AvgIpc) is 2.80. The summed E-state index contributed by atoms with van der Waals surface area (Å²) in [5, 5.41) is 29.4. The van der Waals surface area contributed by atoms with Crippen LogP contribution in [0.3, 0.4) is 0 Å². The number of hydrazone groups is 1. The van der Waals surface area contributed by atoms with Crippen LogP contribution >= 0.6 is 11.6 Å². The number of amides is 1. The number of carbonyl (C=O) groups is 1. The highest BCUT2D eigenvalue weighted by Gasteiger charge is 2.19. The summed E-state index contributed by atoms with van der Waals surface area (Å²) >= 11 is 5.90. The van der Waals surface area contributed by atoms with E-state index in [1.807, 2.05) is 36.4 Å². The molecule has 34 heavy (non-hydrogen) atoms. The number of hydrogen-bond acceptors (Lipinski definition) is 7. The zero-order valence-corrected chi connectivity index (χ0v) is 18.8. The second-order valence-corrected chi connectivity index (χ2v) is 7.84. The predicted octanol–water partition coefficient (Wildman–Crippen LogP) is 5.56. The van der Waals surface area contributed by atoms with Gasteiger partial charge in [0.25, 0.3) is 5.69 Å². The number of benzene rings is 3. The van der Waals surface area contributed by atoms with E-state index < -0.39 is 21.2 Å². The second-order valence-electron chi connectivity index (χ2n) is 7.40. The highest BCUT2D eigenvalue weighted by Crippen LogP contribution is 2.29. The summed E-state index contributed by atoms with van der Waals surface area (Å²) in [4.78, 5) is 32.9. The van der Waals surface area contributed by atoms with E-state index in [0.29, 0.717) is 16.4 Å². The van der Waals surface area contributed by atoms with Gasteiger partial charge in [0.2, 0.25) is 5.91 Å². The molecule has 10 nitrogen and oxygen atoms in total. The lowest BCUT2D eigenvalue weighted by Crippen LogP contribution is -2.15. The van der Waals surface area contributed by atoms with Crippen molar-refractivity contribution in [3.63, 3.8) is 0 Å². The Labute approximate surface area is 199 Å². The molecule has 0 atom stereocenters. The molecule has 3 rings (SSSR count). The molecule has 0 radical (unpaired) electrons. The van der Waals surface area contributed by atoms with Gasteiger partial charge < -0.3 is 5.32 Å². The van der Waals surface area contributed by atoms with Crippen LogP contribution < -0.4 is 10.7 Å². The molecule has 2 N–H and O–H groups in total. The Kier molecular flexibility index (Phi) is 7.88. The highest BCUT2D eigenvalue weighted by molar-refractivity contribution is 6.30. The lowest BCUT2D eigenvalue weighted by atomic mass is 10.0. The number of non-ortho nitro benzene ring substituents is 1. The van der Waals surface area contributed by atoms with Crippen molar-refractivity contribution in [2.75, 3.05) is 10.7 Å². The van der Waals surface area contributed by atoms with Crippen LogP contribution in [0.4, 0.5) is 22.7 Å². The molecule has 3 aromatic rings. The molecule has 0 aliphatic heterocycles. The van der Waals surface area contributed by atoms with Crippen molar-refractivity contribution in [1.82, 2.24) is 0 Å². The first-order chi connectivity index (χ1) is 16.2. The number of hydrogen-bond donors (Lipinski definition) is 2. The highest BCUT2D eigenvalue weighted by atomic mass is 35.5. The molecule has 0 aliphatic carbocycles. The van der Waals surface area contributed by atoms with E-state index >= 15 is 0 Å². The van der Waals surface area contributed by atoms with Crippen LogP contribution in [0.1, 0.15) is 24.5 Å². The fourth-order valence-electron chi connectivity index (χ4n) is 3.06. The quantitative estimate of drug-likeness (QED) is 0.233. The first kappa shape index (κ1) is 24.3. The number of nitro benzene ring substituents is 2. The third-order valence-electron chi connectivity index (χ3n) is 4.73. The van der Waals surface area contributed by atoms with Gasteiger partial charge in [-0.1, -0.05) is 35.9 Å². The topological polar surface area (TPSA) is 140 Å². The number of halogens is 1. The normalized spacial score (nSPS) is 11.1. The van der Waals surface area contributed by atoms with E-state index in [0.717, 1.165) is 29.7 Å². The Morgan fingerprint density at radius 2 is 1.56 bits per heavy atom. The van der Waals surface area contributed by atoms with Crippen LogP contribution in [0.2, 0.25) is 5.02 Å². The third-order valence-corrected chi connectivity index (χ3v) is 4.98. The van der Waals surface area contributed by atoms with Gasteiger partial charge in [-0.15, -0.1) is 0 Å². The SMILES string of the molecule is C/C(CC(=O)Nc1ccc(Cc2ccc(Cl)cc2)cc1)=N\Nc1ccc([N+](=O)[O-])cc1[N+](=O)[O-]. The van der Waals surface area contributed by atoms with Crippen LogP contribution in [-0.4, -0.2) is 21.5 Å². The molecule has 174 valence electrons. The molecule has 0 unspecified atom stereocenters. The van der Waals surface area contributed by atoms with Crippen LogP contribution in [0, 0.1) is 20.2 Å². The molecule has 0 aliphatic rings. The second kappa shape index (κ2) is 11.0. The van der Waals surface area contributed by atoms with E-state index in [9.17, 15) is 25.0 Å². The van der Waals surface area contributed by atoms with E-state index in [1.54, 1.807) is 19.1 Å². The molecule has 1 amide bonds. The first-order valence-electron chi connectivity index (χ1n) is 10.1. The minimum Gasteiger partial charge on any atom is -0.326 e. The molecule has 0 saturated heterocycles. The van der Waals surface area contributed by atoms with E-state index in [2.05, 4.69) is 15.8 Å². The van der Waals surface area contributed by atoms with Crippen molar-refractivity contribution < 1.29 is 14.6 Å². The van der Waals surface area contributed by atoms with Gasteiger partial charge in [-0.3, -0.25) is 30.4 Å². The van der Waals surface area contributed by atoms with Gasteiger partial charge in [-0.2, -0.15) is 5.10 Å². The summed E-state index contributed by atoms with van der Waals surface area (Å²) in [7, 11) is 0. The standard InChI is InChI=1S/C23H20ClN5O5/c1-15(26-27-21-11-10-20(28(31)32)14-22(21)29(33)34)12-23(30)25-19-8-4-17(5-9-19)13-16-2-6-18(24)7-3-16/h2-11,14,27H,12-13H2,1H3,(H,25,30)/b26-15+. The Morgan fingerprint density at radius 3 is 2.15 bits per heavy atom. The molecule has 0 aromatic heterocycles. The maximum absolute atomic E-state index is 12.3. The lowest BCUT2D eigenvalue weighted by molar-refractivity contribution is -0.393. The van der Waals surface area contributed by atoms with Gasteiger partial charge >= 0.3 is 5.69 Å². The minimum absolute atomic E-state index is 0.0216. The van der Waals surface area contributed by atoms with Gasteiger partial charge in [-0.25, -0.2) is 0 Å². The number of anilines is 2. The maximum atomic E-state index is 12.3. The van der Waals surface area contributed by atoms with E-state index in [-0.39, 0.29) is 18.0 Å². The van der Waals surface area contributed by atoms with E-state index in [4.69, 9.17) is 11.6 Å². The largest absolute Gasteiger partial charge is 0.326 e. The summed E-state index contributed by atoms with van der Waals surface area (Å²) in [5.74, 6) is -0.313. The maximum Gasteiger partial charge on any atom is 0.301 e. The molecule has 11 heteroatoms. The zero-order valence-electron chi connectivity index (χ0n) is 18.0. The smallest absolute Gasteiger partial charge is 0.301 e. The summed E-state index contributed by atoms with van der Waals surface area (Å²) in [6, 6.07) is 18.2. The minimum atomic E-state index is -0.747. The fourth-order valence-corrected chi connectivity index (χ4v) is 3.18. The van der Waals surface area contributed by atoms with Crippen molar-refractivity contribution in [3.8, 4) is 0 Å². The molecule has 0 heterocycles. The number of carbonyl (C=O) groups excluding carboxylic acids is 1. The molecular weight excluding hydrogens is 462 g/mol. The summed E-state index contributed by atoms with van der Waals surface area (Å²) in [6.45, 7) is 1.58. The van der Waals surface area contributed by atoms with Crippen molar-refractivity contribution in [3.05, 3.63) is 103 Å². The van der Waals surface area contributed by atoms with Crippen LogP contribution in [0.5, 0.6) is 0 Å². The Morgan fingerprint density at radius 1 is 0.941 bits per heavy atom. The van der Waals surface area contributed by atoms with Gasteiger partial charge in [0.05, 0.1) is 22.3 Å². The molecular formula is C23H20ClN5O5. The Bertz CT molecular complexity index is 1240. The van der Waals surface area contributed by atoms with Crippen molar-refractivity contribution in [2.45, 2.75) is 19.8 Å². The van der Waals surface area contributed by atoms with Gasteiger partial charge in [0.1, 0.15) is 5.69 Å². The summed E-state index contributed by atoms with van der Waals surface area (Å²) in [6.07, 6.45) is 0.678. The average molecular weight is 482 g/mol. The zero-order chi connectivity index (χ0) is 24.7. The monoisotopic (exact) mass is 481 g/mol. The number of rotatable bonds is 9. The molecule has 0 saturated carbocycles. The van der Waals surface area contributed by atoms with Gasteiger partial charge in [-0.05, 0) is 54.8 Å². The van der Waals surface area contributed by atoms with Crippen LogP contribution in [-0.2, 0) is 11.2 Å². The summed E-state index contributed by atoms with van der Waals surface area (Å²) < 4.78 is 0. The molecule has 0 bridgehead atoms. The molecule has 0 fully saturated rings. The first-order valence-corrected chi connectivity index (χ1v) is 10.4. The molecule has 3 aromatic carbocycles. The van der Waals surface area contributed by atoms with Crippen molar-refractivity contribution >= 4 is 46.0 Å². The lowest BCUT2D eigenvalue weighted by Gasteiger charge is -2.08. The predicted molar refractivity (Wildman–Crippen MR) is 130 cm³/mol. The third kappa shape index (κ3) is 6.84. The van der Waals surface area contributed by atoms with Crippen molar-refractivity contribution in [2.24, 2.45) is 5.10 Å². The number of nitrogens with zero attached hydrogens (tertiary/aromatic N) is 3. The summed E-state index contributed by atoms with van der Waals surface area (Å²) in [5.41, 5.74) is 4.76. The van der Waals surface area contributed by atoms with Crippen molar-refractivity contribution in [1.29, 1.82) is 0 Å².